The van der Waals surface area contributed by atoms with Gasteiger partial charge in [0.1, 0.15) is 0 Å². The van der Waals surface area contributed by atoms with Crippen molar-refractivity contribution in [3.63, 3.8) is 0 Å². The summed E-state index contributed by atoms with van der Waals surface area (Å²) in [4.78, 5) is 12.1. The number of amides is 1. The number of nitrogens with two attached hydrogens (primary N) is 1. The molecule has 1 unspecified atom stereocenters. The minimum Gasteiger partial charge on any atom is -0.349 e. The lowest BCUT2D eigenvalue weighted by Gasteiger charge is -2.28. The zero-order valence-corrected chi connectivity index (χ0v) is 10.9. The van der Waals surface area contributed by atoms with Crippen LogP contribution in [-0.2, 0) is 0 Å². The molecular formula is C13H21N3O. The van der Waals surface area contributed by atoms with Gasteiger partial charge in [-0.2, -0.15) is 0 Å². The molecule has 0 spiro atoms. The van der Waals surface area contributed by atoms with E-state index in [0.717, 1.165) is 0 Å². The third kappa shape index (κ3) is 3.46. The van der Waals surface area contributed by atoms with Crippen molar-refractivity contribution in [1.29, 1.82) is 0 Å². The summed E-state index contributed by atoms with van der Waals surface area (Å²) in [5.74, 6) is 5.26. The van der Waals surface area contributed by atoms with E-state index < -0.39 is 0 Å². The van der Waals surface area contributed by atoms with Gasteiger partial charge in [-0.15, -0.1) is 0 Å². The third-order valence-corrected chi connectivity index (χ3v) is 2.97. The molecule has 0 heterocycles. The Morgan fingerprint density at radius 2 is 1.88 bits per heavy atom. The highest BCUT2D eigenvalue weighted by Crippen LogP contribution is 2.20. The average Bonchev–Trinajstić information content (AvgIpc) is 2.27. The molecule has 1 amide bonds. The van der Waals surface area contributed by atoms with Gasteiger partial charge in [0.05, 0.1) is 11.3 Å². The molecule has 0 aliphatic carbocycles. The van der Waals surface area contributed by atoms with Crippen molar-refractivity contribution in [3.8, 4) is 0 Å². The number of hydrogen-bond donors (Lipinski definition) is 3. The molecular weight excluding hydrogens is 214 g/mol. The number of hydrazine groups is 1. The van der Waals surface area contributed by atoms with Gasteiger partial charge in [-0.1, -0.05) is 32.9 Å². The second-order valence-electron chi connectivity index (χ2n) is 5.25. The van der Waals surface area contributed by atoms with Crippen LogP contribution in [0.15, 0.2) is 24.3 Å². The van der Waals surface area contributed by atoms with Crippen LogP contribution in [0.25, 0.3) is 0 Å². The number of nitrogens with one attached hydrogen (secondary N) is 2. The Hall–Kier alpha value is -1.55. The molecule has 0 aromatic heterocycles. The summed E-state index contributed by atoms with van der Waals surface area (Å²) in [5, 5.41) is 2.98. The Labute approximate surface area is 103 Å². The molecule has 0 radical (unpaired) electrons. The highest BCUT2D eigenvalue weighted by molar-refractivity contribution is 5.99. The molecule has 94 valence electrons. The molecule has 1 atom stereocenters. The summed E-state index contributed by atoms with van der Waals surface area (Å²) >= 11 is 0. The van der Waals surface area contributed by atoms with E-state index >= 15 is 0 Å². The first-order valence-electron chi connectivity index (χ1n) is 5.72. The highest BCUT2D eigenvalue weighted by Gasteiger charge is 2.22. The minimum atomic E-state index is -0.110. The zero-order chi connectivity index (χ0) is 13.1. The normalized spacial score (nSPS) is 13.0. The molecule has 4 heteroatoms. The van der Waals surface area contributed by atoms with E-state index in [1.54, 1.807) is 12.1 Å². The molecule has 1 rings (SSSR count). The second kappa shape index (κ2) is 5.19. The van der Waals surface area contributed by atoms with Crippen LogP contribution >= 0.6 is 0 Å². The van der Waals surface area contributed by atoms with Crippen molar-refractivity contribution in [2.75, 3.05) is 5.43 Å². The molecule has 1 aromatic rings. The largest absolute Gasteiger partial charge is 0.349 e. The number of rotatable bonds is 3. The highest BCUT2D eigenvalue weighted by atomic mass is 16.1. The zero-order valence-electron chi connectivity index (χ0n) is 10.9. The molecule has 0 fully saturated rings. The Balaban J connectivity index is 2.84. The smallest absolute Gasteiger partial charge is 0.253 e. The molecule has 0 bridgehead atoms. The first kappa shape index (κ1) is 13.5. The van der Waals surface area contributed by atoms with Crippen molar-refractivity contribution in [3.05, 3.63) is 29.8 Å². The molecule has 0 saturated carbocycles. The number of carbonyl (C=O) groups is 1. The standard InChI is InChI=1S/C13H21N3O/c1-9(13(2,3)4)15-12(17)10-7-5-6-8-11(10)16-14/h5-9,16H,14H2,1-4H3,(H,15,17). The summed E-state index contributed by atoms with van der Waals surface area (Å²) in [6, 6.07) is 7.26. The monoisotopic (exact) mass is 235 g/mol. The molecule has 0 saturated heterocycles. The Kier molecular flexibility index (Phi) is 4.12. The van der Waals surface area contributed by atoms with E-state index in [-0.39, 0.29) is 17.4 Å². The van der Waals surface area contributed by atoms with Gasteiger partial charge < -0.3 is 10.7 Å². The van der Waals surface area contributed by atoms with E-state index in [4.69, 9.17) is 5.84 Å². The summed E-state index contributed by atoms with van der Waals surface area (Å²) in [5.41, 5.74) is 3.75. The molecule has 4 N–H and O–H groups in total. The van der Waals surface area contributed by atoms with Gasteiger partial charge in [-0.05, 0) is 24.5 Å². The predicted octanol–water partition coefficient (Wildman–Crippen LogP) is 2.14. The Morgan fingerprint density at radius 1 is 1.29 bits per heavy atom. The van der Waals surface area contributed by atoms with Gasteiger partial charge in [0.25, 0.3) is 5.91 Å². The van der Waals surface area contributed by atoms with Crippen molar-refractivity contribution < 1.29 is 4.79 Å². The summed E-state index contributed by atoms with van der Waals surface area (Å²) in [6.07, 6.45) is 0. The lowest BCUT2D eigenvalue weighted by atomic mass is 9.88. The van der Waals surface area contributed by atoms with Crippen LogP contribution in [0.4, 0.5) is 5.69 Å². The maximum Gasteiger partial charge on any atom is 0.253 e. The van der Waals surface area contributed by atoms with Gasteiger partial charge in [0.15, 0.2) is 0 Å². The summed E-state index contributed by atoms with van der Waals surface area (Å²) < 4.78 is 0. The number of anilines is 1. The summed E-state index contributed by atoms with van der Waals surface area (Å²) in [6.45, 7) is 8.26. The lowest BCUT2D eigenvalue weighted by Crippen LogP contribution is -2.41. The third-order valence-electron chi connectivity index (χ3n) is 2.97. The summed E-state index contributed by atoms with van der Waals surface area (Å²) in [7, 11) is 0. The molecule has 4 nitrogen and oxygen atoms in total. The van der Waals surface area contributed by atoms with Crippen LogP contribution < -0.4 is 16.6 Å². The van der Waals surface area contributed by atoms with Gasteiger partial charge in [-0.25, -0.2) is 0 Å². The molecule has 0 aliphatic rings. The first-order valence-corrected chi connectivity index (χ1v) is 5.72. The lowest BCUT2D eigenvalue weighted by molar-refractivity contribution is 0.0911. The van der Waals surface area contributed by atoms with Crippen LogP contribution in [0.3, 0.4) is 0 Å². The number of hydrogen-bond acceptors (Lipinski definition) is 3. The van der Waals surface area contributed by atoms with E-state index in [9.17, 15) is 4.79 Å². The minimum absolute atomic E-state index is 0.0285. The fourth-order valence-corrected chi connectivity index (χ4v) is 1.30. The van der Waals surface area contributed by atoms with E-state index in [2.05, 4.69) is 31.5 Å². The van der Waals surface area contributed by atoms with Crippen LogP contribution in [-0.4, -0.2) is 11.9 Å². The SMILES string of the molecule is CC(NC(=O)c1ccccc1NN)C(C)(C)C. The number of benzene rings is 1. The average molecular weight is 235 g/mol. The van der Waals surface area contributed by atoms with Gasteiger partial charge in [0, 0.05) is 6.04 Å². The van der Waals surface area contributed by atoms with Gasteiger partial charge in [0.2, 0.25) is 0 Å². The quantitative estimate of drug-likeness (QED) is 0.555. The molecule has 17 heavy (non-hydrogen) atoms. The number of nitrogen functional groups attached to an aromatic ring is 1. The maximum absolute atomic E-state index is 12.1. The van der Waals surface area contributed by atoms with Crippen molar-refractivity contribution in [1.82, 2.24) is 5.32 Å². The predicted molar refractivity (Wildman–Crippen MR) is 70.6 cm³/mol. The molecule has 0 aliphatic heterocycles. The number of carbonyl (C=O) groups excluding carboxylic acids is 1. The van der Waals surface area contributed by atoms with E-state index in [0.29, 0.717) is 11.3 Å². The van der Waals surface area contributed by atoms with Crippen LogP contribution in [0, 0.1) is 5.41 Å². The first-order chi connectivity index (χ1) is 7.86. The fraction of sp³-hybridized carbons (Fsp3) is 0.462. The fourth-order valence-electron chi connectivity index (χ4n) is 1.30. The van der Waals surface area contributed by atoms with E-state index in [1.165, 1.54) is 0 Å². The van der Waals surface area contributed by atoms with Gasteiger partial charge in [-0.3, -0.25) is 10.6 Å². The van der Waals surface area contributed by atoms with E-state index in [1.807, 2.05) is 19.1 Å². The number of para-hydroxylation sites is 1. The maximum atomic E-state index is 12.1. The van der Waals surface area contributed by atoms with Crippen molar-refractivity contribution in [2.45, 2.75) is 33.7 Å². The second-order valence-corrected chi connectivity index (χ2v) is 5.25. The van der Waals surface area contributed by atoms with Crippen LogP contribution in [0.2, 0.25) is 0 Å². The van der Waals surface area contributed by atoms with Crippen LogP contribution in [0.5, 0.6) is 0 Å². The van der Waals surface area contributed by atoms with Crippen molar-refractivity contribution in [2.24, 2.45) is 11.3 Å². The molecule has 1 aromatic carbocycles. The van der Waals surface area contributed by atoms with Crippen molar-refractivity contribution >= 4 is 11.6 Å². The van der Waals surface area contributed by atoms with Gasteiger partial charge >= 0.3 is 0 Å². The van der Waals surface area contributed by atoms with Crippen LogP contribution in [0.1, 0.15) is 38.1 Å². The topological polar surface area (TPSA) is 67.2 Å². The Bertz CT molecular complexity index is 396. The Morgan fingerprint density at radius 3 is 2.41 bits per heavy atom.